The number of aliphatic carboxylic acids is 1. The van der Waals surface area contributed by atoms with Crippen LogP contribution in [0.25, 0.3) is 0 Å². The van der Waals surface area contributed by atoms with Crippen LogP contribution in [0.3, 0.4) is 0 Å². The zero-order valence-corrected chi connectivity index (χ0v) is 6.46. The van der Waals surface area contributed by atoms with Crippen LogP contribution < -0.4 is 5.73 Å². The lowest BCUT2D eigenvalue weighted by atomic mass is 10.1. The first-order valence-corrected chi connectivity index (χ1v) is 3.24. The maximum Gasteiger partial charge on any atom is 0.354 e. The van der Waals surface area contributed by atoms with Gasteiger partial charge in [-0.3, -0.25) is 4.99 Å². The number of rotatable bonds is 1. The van der Waals surface area contributed by atoms with E-state index in [4.69, 9.17) is 10.8 Å². The van der Waals surface area contributed by atoms with E-state index in [0.717, 1.165) is 5.57 Å². The summed E-state index contributed by atoms with van der Waals surface area (Å²) in [5.41, 5.74) is 5.61. The average Bonchev–Trinajstić information content (AvgIpc) is 2.08. The lowest BCUT2D eigenvalue weighted by molar-refractivity contribution is -0.129. The van der Waals surface area contributed by atoms with Gasteiger partial charge < -0.3 is 10.8 Å². The molecule has 4 nitrogen and oxygen atoms in total. The fourth-order valence-electron chi connectivity index (χ4n) is 0.831. The summed E-state index contributed by atoms with van der Waals surface area (Å²) in [5, 5.41) is 8.53. The second-order valence-electron chi connectivity index (χ2n) is 2.78. The molecule has 1 rings (SSSR count). The van der Waals surface area contributed by atoms with Gasteiger partial charge in [0.2, 0.25) is 0 Å². The number of hydrogen-bond donors (Lipinski definition) is 2. The molecule has 1 atom stereocenters. The summed E-state index contributed by atoms with van der Waals surface area (Å²) in [7, 11) is 0. The standard InChI is InChI=1S/C7H10N2O2/c1-4-3-5(6(10)11)9-7(4,2)8/h3H,8H2,1-2H3,(H,10,11). The second-order valence-corrected chi connectivity index (χ2v) is 2.78. The summed E-state index contributed by atoms with van der Waals surface area (Å²) in [5.74, 6) is -1.03. The summed E-state index contributed by atoms with van der Waals surface area (Å²) in [6.07, 6.45) is 1.49. The van der Waals surface area contributed by atoms with Crippen LogP contribution in [0.15, 0.2) is 16.6 Å². The summed E-state index contributed by atoms with van der Waals surface area (Å²) < 4.78 is 0. The number of carboxylic acids is 1. The highest BCUT2D eigenvalue weighted by Gasteiger charge is 2.28. The molecule has 0 aromatic heterocycles. The summed E-state index contributed by atoms with van der Waals surface area (Å²) >= 11 is 0. The van der Waals surface area contributed by atoms with Gasteiger partial charge in [-0.15, -0.1) is 0 Å². The Bertz CT molecular complexity index is 264. The van der Waals surface area contributed by atoms with Crippen molar-refractivity contribution in [3.05, 3.63) is 11.6 Å². The van der Waals surface area contributed by atoms with Crippen molar-refractivity contribution < 1.29 is 9.90 Å². The lowest BCUT2D eigenvalue weighted by Gasteiger charge is -2.14. The van der Waals surface area contributed by atoms with Gasteiger partial charge in [-0.25, -0.2) is 4.79 Å². The van der Waals surface area contributed by atoms with E-state index in [1.165, 1.54) is 6.08 Å². The predicted octanol–water partition coefficient (Wildman–Crippen LogP) is 0.147. The van der Waals surface area contributed by atoms with Gasteiger partial charge in [-0.2, -0.15) is 0 Å². The third-order valence-electron chi connectivity index (χ3n) is 1.72. The molecule has 3 N–H and O–H groups in total. The topological polar surface area (TPSA) is 75.7 Å². The Balaban J connectivity index is 3.01. The van der Waals surface area contributed by atoms with Crippen LogP contribution in [-0.2, 0) is 4.79 Å². The smallest absolute Gasteiger partial charge is 0.354 e. The fourth-order valence-corrected chi connectivity index (χ4v) is 0.831. The van der Waals surface area contributed by atoms with Gasteiger partial charge in [0.1, 0.15) is 11.4 Å². The van der Waals surface area contributed by atoms with E-state index < -0.39 is 11.6 Å². The highest BCUT2D eigenvalue weighted by atomic mass is 16.4. The SMILES string of the molecule is CC1=CC(C(=O)O)=NC1(C)N. The Kier molecular flexibility index (Phi) is 1.56. The Labute approximate surface area is 64.4 Å². The molecule has 1 aliphatic heterocycles. The third-order valence-corrected chi connectivity index (χ3v) is 1.72. The number of nitrogens with zero attached hydrogens (tertiary/aromatic N) is 1. The summed E-state index contributed by atoms with van der Waals surface area (Å²) in [6, 6.07) is 0. The Morgan fingerprint density at radius 3 is 2.55 bits per heavy atom. The van der Waals surface area contributed by atoms with Crippen molar-refractivity contribution in [2.45, 2.75) is 19.5 Å². The molecule has 1 unspecified atom stereocenters. The van der Waals surface area contributed by atoms with E-state index in [1.54, 1.807) is 13.8 Å². The highest BCUT2D eigenvalue weighted by molar-refractivity contribution is 6.41. The number of carbonyl (C=O) groups is 1. The predicted molar refractivity (Wildman–Crippen MR) is 41.4 cm³/mol. The molecular formula is C7H10N2O2. The molecule has 0 amide bonds. The van der Waals surface area contributed by atoms with Crippen LogP contribution in [0.4, 0.5) is 0 Å². The minimum atomic E-state index is -1.03. The Morgan fingerprint density at radius 2 is 2.36 bits per heavy atom. The lowest BCUT2D eigenvalue weighted by Crippen LogP contribution is -2.33. The number of aliphatic imine (C=N–C) groups is 1. The van der Waals surface area contributed by atoms with E-state index in [0.29, 0.717) is 0 Å². The van der Waals surface area contributed by atoms with Crippen molar-refractivity contribution in [1.82, 2.24) is 0 Å². The molecule has 0 fully saturated rings. The van der Waals surface area contributed by atoms with E-state index in [-0.39, 0.29) is 5.71 Å². The molecule has 0 aromatic carbocycles. The first-order valence-electron chi connectivity index (χ1n) is 3.24. The average molecular weight is 154 g/mol. The van der Waals surface area contributed by atoms with Gasteiger partial charge in [-0.05, 0) is 25.5 Å². The number of hydrogen-bond acceptors (Lipinski definition) is 3. The van der Waals surface area contributed by atoms with Crippen LogP contribution in [0.5, 0.6) is 0 Å². The van der Waals surface area contributed by atoms with E-state index in [1.807, 2.05) is 0 Å². The minimum Gasteiger partial charge on any atom is -0.477 e. The van der Waals surface area contributed by atoms with Crippen molar-refractivity contribution in [3.8, 4) is 0 Å². The molecule has 0 spiro atoms. The molecule has 1 heterocycles. The van der Waals surface area contributed by atoms with Gasteiger partial charge in [0.05, 0.1) is 0 Å². The molecule has 0 aliphatic carbocycles. The Hall–Kier alpha value is -1.16. The van der Waals surface area contributed by atoms with Crippen molar-refractivity contribution >= 4 is 11.7 Å². The Morgan fingerprint density at radius 1 is 1.82 bits per heavy atom. The monoisotopic (exact) mass is 154 g/mol. The first kappa shape index (κ1) is 7.94. The van der Waals surface area contributed by atoms with Gasteiger partial charge >= 0.3 is 5.97 Å². The van der Waals surface area contributed by atoms with Gasteiger partial charge in [0.15, 0.2) is 0 Å². The quantitative estimate of drug-likeness (QED) is 0.564. The summed E-state index contributed by atoms with van der Waals surface area (Å²) in [4.78, 5) is 14.2. The minimum absolute atomic E-state index is 0.0347. The van der Waals surface area contributed by atoms with Crippen molar-refractivity contribution in [2.24, 2.45) is 10.7 Å². The second kappa shape index (κ2) is 2.17. The van der Waals surface area contributed by atoms with Crippen LogP contribution in [0.2, 0.25) is 0 Å². The summed E-state index contributed by atoms with van der Waals surface area (Å²) in [6.45, 7) is 3.44. The van der Waals surface area contributed by atoms with E-state index in [9.17, 15) is 4.79 Å². The van der Waals surface area contributed by atoms with Gasteiger partial charge in [-0.1, -0.05) is 0 Å². The molecule has 4 heteroatoms. The fraction of sp³-hybridized carbons (Fsp3) is 0.429. The largest absolute Gasteiger partial charge is 0.477 e. The molecule has 0 bridgehead atoms. The highest BCUT2D eigenvalue weighted by Crippen LogP contribution is 2.20. The van der Waals surface area contributed by atoms with E-state index in [2.05, 4.69) is 4.99 Å². The molecule has 11 heavy (non-hydrogen) atoms. The van der Waals surface area contributed by atoms with Crippen molar-refractivity contribution in [2.75, 3.05) is 0 Å². The molecular weight excluding hydrogens is 144 g/mol. The zero-order chi connectivity index (χ0) is 8.65. The van der Waals surface area contributed by atoms with Crippen LogP contribution in [0.1, 0.15) is 13.8 Å². The van der Waals surface area contributed by atoms with Crippen molar-refractivity contribution in [1.29, 1.82) is 0 Å². The third kappa shape index (κ3) is 1.30. The molecule has 1 aliphatic rings. The molecule has 0 aromatic rings. The molecule has 0 saturated heterocycles. The van der Waals surface area contributed by atoms with Gasteiger partial charge in [0, 0.05) is 0 Å². The normalized spacial score (nSPS) is 29.7. The van der Waals surface area contributed by atoms with Crippen LogP contribution in [-0.4, -0.2) is 22.5 Å². The van der Waals surface area contributed by atoms with Gasteiger partial charge in [0.25, 0.3) is 0 Å². The molecule has 0 radical (unpaired) electrons. The first-order chi connectivity index (χ1) is 4.93. The zero-order valence-electron chi connectivity index (χ0n) is 6.46. The molecule has 60 valence electrons. The maximum atomic E-state index is 10.4. The maximum absolute atomic E-state index is 10.4. The van der Waals surface area contributed by atoms with Crippen LogP contribution in [0, 0.1) is 0 Å². The molecule has 0 saturated carbocycles. The number of nitrogens with two attached hydrogens (primary N) is 1. The van der Waals surface area contributed by atoms with Crippen LogP contribution >= 0.6 is 0 Å². The number of carboxylic acid groups (broad SMARTS) is 1. The van der Waals surface area contributed by atoms with Crippen molar-refractivity contribution in [3.63, 3.8) is 0 Å². The van der Waals surface area contributed by atoms with E-state index >= 15 is 0 Å².